The summed E-state index contributed by atoms with van der Waals surface area (Å²) in [4.78, 5) is 0. The summed E-state index contributed by atoms with van der Waals surface area (Å²) in [6.07, 6.45) is 13.5. The molecule has 1 N–H and O–H groups in total. The summed E-state index contributed by atoms with van der Waals surface area (Å²) >= 11 is 0. The summed E-state index contributed by atoms with van der Waals surface area (Å²) in [6, 6.07) is 10.6. The molecular weight excluding hydrogens is 282 g/mol. The molecule has 0 unspecified atom stereocenters. The van der Waals surface area contributed by atoms with E-state index in [0.29, 0.717) is 0 Å². The Balaban J connectivity index is 1.72. The van der Waals surface area contributed by atoms with Crippen LogP contribution < -0.4 is 5.32 Å². The molecule has 0 radical (unpaired) electrons. The smallest absolute Gasteiger partial charge is 0.0590 e. The van der Waals surface area contributed by atoms with Crippen LogP contribution in [0.1, 0.15) is 70.3 Å². The van der Waals surface area contributed by atoms with Crippen LogP contribution in [0.3, 0.4) is 0 Å². The zero-order valence-corrected chi connectivity index (χ0v) is 15.2. The molecule has 0 aliphatic heterocycles. The molecule has 0 fully saturated rings. The topological polar surface area (TPSA) is 21.3 Å². The number of unbranched alkanes of at least 4 members (excludes halogenated alkanes) is 8. The Hall–Kier alpha value is -0.860. The van der Waals surface area contributed by atoms with Gasteiger partial charge in [-0.25, -0.2) is 0 Å². The maximum Gasteiger partial charge on any atom is 0.0590 e. The van der Waals surface area contributed by atoms with E-state index in [1.165, 1.54) is 63.4 Å². The van der Waals surface area contributed by atoms with E-state index in [0.717, 1.165) is 32.7 Å². The summed E-state index contributed by atoms with van der Waals surface area (Å²) in [5.74, 6) is 0. The predicted octanol–water partition coefficient (Wildman–Crippen LogP) is 5.37. The molecule has 0 heterocycles. The van der Waals surface area contributed by atoms with Gasteiger partial charge >= 0.3 is 0 Å². The second-order valence-corrected chi connectivity index (χ2v) is 6.43. The molecular formula is C21H37NO. The minimum atomic E-state index is 0.839. The van der Waals surface area contributed by atoms with E-state index < -0.39 is 0 Å². The van der Waals surface area contributed by atoms with Gasteiger partial charge in [-0.05, 0) is 24.9 Å². The molecule has 0 saturated carbocycles. The number of rotatable bonds is 16. The lowest BCUT2D eigenvalue weighted by atomic mass is 10.1. The van der Waals surface area contributed by atoms with Crippen LogP contribution in [0.4, 0.5) is 0 Å². The van der Waals surface area contributed by atoms with Crippen LogP contribution in [0.15, 0.2) is 30.3 Å². The molecule has 0 aliphatic rings. The van der Waals surface area contributed by atoms with Crippen molar-refractivity contribution in [1.29, 1.82) is 0 Å². The normalized spacial score (nSPS) is 11.0. The largest absolute Gasteiger partial charge is 0.380 e. The molecule has 23 heavy (non-hydrogen) atoms. The lowest BCUT2D eigenvalue weighted by molar-refractivity contribution is 0.131. The van der Waals surface area contributed by atoms with Gasteiger partial charge in [-0.15, -0.1) is 0 Å². The van der Waals surface area contributed by atoms with Crippen LogP contribution in [-0.4, -0.2) is 26.3 Å². The highest BCUT2D eigenvalue weighted by atomic mass is 16.5. The first-order chi connectivity index (χ1) is 11.4. The molecule has 1 aromatic carbocycles. The maximum atomic E-state index is 5.68. The highest BCUT2D eigenvalue weighted by Crippen LogP contribution is 2.09. The van der Waals surface area contributed by atoms with Crippen molar-refractivity contribution < 1.29 is 4.74 Å². The number of benzene rings is 1. The molecule has 0 saturated heterocycles. The standard InChI is InChI=1S/C21H37NO/c1-2-3-4-5-6-7-8-9-13-19-23-20-18-22-17-16-21-14-11-10-12-15-21/h10-12,14-15,22H,2-9,13,16-20H2,1H3. The van der Waals surface area contributed by atoms with Crippen molar-refractivity contribution in [3.63, 3.8) is 0 Å². The van der Waals surface area contributed by atoms with Crippen LogP contribution in [0.5, 0.6) is 0 Å². The molecule has 1 rings (SSSR count). The Bertz CT molecular complexity index is 339. The second-order valence-electron chi connectivity index (χ2n) is 6.43. The number of nitrogens with one attached hydrogen (secondary N) is 1. The van der Waals surface area contributed by atoms with E-state index in [1.807, 2.05) is 0 Å². The maximum absolute atomic E-state index is 5.68. The van der Waals surface area contributed by atoms with Gasteiger partial charge in [-0.2, -0.15) is 0 Å². The predicted molar refractivity (Wildman–Crippen MR) is 101 cm³/mol. The highest BCUT2D eigenvalue weighted by molar-refractivity contribution is 5.14. The van der Waals surface area contributed by atoms with Crippen LogP contribution >= 0.6 is 0 Å². The second kappa shape index (κ2) is 16.0. The summed E-state index contributed by atoms with van der Waals surface area (Å²) < 4.78 is 5.68. The highest BCUT2D eigenvalue weighted by Gasteiger charge is 1.94. The zero-order chi connectivity index (χ0) is 16.4. The molecule has 1 aromatic rings. The van der Waals surface area contributed by atoms with Gasteiger partial charge in [0.25, 0.3) is 0 Å². The van der Waals surface area contributed by atoms with E-state index in [4.69, 9.17) is 4.74 Å². The quantitative estimate of drug-likeness (QED) is 0.414. The first kappa shape index (κ1) is 20.2. The summed E-state index contributed by atoms with van der Waals surface area (Å²) in [6.45, 7) is 6.04. The van der Waals surface area contributed by atoms with Gasteiger partial charge in [-0.1, -0.05) is 88.6 Å². The fraction of sp³-hybridized carbons (Fsp3) is 0.714. The van der Waals surface area contributed by atoms with Crippen LogP contribution in [-0.2, 0) is 11.2 Å². The van der Waals surface area contributed by atoms with Crippen molar-refractivity contribution in [3.05, 3.63) is 35.9 Å². The van der Waals surface area contributed by atoms with Crippen LogP contribution in [0, 0.1) is 0 Å². The van der Waals surface area contributed by atoms with Gasteiger partial charge in [0.05, 0.1) is 6.61 Å². The molecule has 0 aliphatic carbocycles. The van der Waals surface area contributed by atoms with Crippen molar-refractivity contribution in [2.24, 2.45) is 0 Å². The van der Waals surface area contributed by atoms with E-state index in [9.17, 15) is 0 Å². The number of hydrogen-bond acceptors (Lipinski definition) is 2. The average Bonchev–Trinajstić information content (AvgIpc) is 2.59. The van der Waals surface area contributed by atoms with Crippen molar-refractivity contribution in [2.75, 3.05) is 26.3 Å². The molecule has 0 bridgehead atoms. The Morgan fingerprint density at radius 2 is 1.39 bits per heavy atom. The van der Waals surface area contributed by atoms with Crippen molar-refractivity contribution in [1.82, 2.24) is 5.32 Å². The SMILES string of the molecule is CCCCCCCCCCCOCCNCCc1ccccc1. The molecule has 0 amide bonds. The fourth-order valence-corrected chi connectivity index (χ4v) is 2.76. The zero-order valence-electron chi connectivity index (χ0n) is 15.2. The lowest BCUT2D eigenvalue weighted by Crippen LogP contribution is -2.22. The third kappa shape index (κ3) is 13.3. The monoisotopic (exact) mass is 319 g/mol. The fourth-order valence-electron chi connectivity index (χ4n) is 2.76. The minimum absolute atomic E-state index is 0.839. The van der Waals surface area contributed by atoms with Gasteiger partial charge in [0.1, 0.15) is 0 Å². The summed E-state index contributed by atoms with van der Waals surface area (Å²) in [5, 5.41) is 3.44. The Morgan fingerprint density at radius 1 is 0.739 bits per heavy atom. The third-order valence-electron chi connectivity index (χ3n) is 4.25. The van der Waals surface area contributed by atoms with Crippen LogP contribution in [0.2, 0.25) is 0 Å². The Morgan fingerprint density at radius 3 is 2.09 bits per heavy atom. The summed E-state index contributed by atoms with van der Waals surface area (Å²) in [7, 11) is 0. The van der Waals surface area contributed by atoms with Crippen LogP contribution in [0.25, 0.3) is 0 Å². The number of ether oxygens (including phenoxy) is 1. The molecule has 0 spiro atoms. The van der Waals surface area contributed by atoms with Gasteiger partial charge in [0.2, 0.25) is 0 Å². The number of hydrogen-bond donors (Lipinski definition) is 1. The van der Waals surface area contributed by atoms with Gasteiger partial charge in [0, 0.05) is 13.2 Å². The van der Waals surface area contributed by atoms with E-state index in [1.54, 1.807) is 0 Å². The van der Waals surface area contributed by atoms with Crippen molar-refractivity contribution in [3.8, 4) is 0 Å². The Labute approximate surface area is 144 Å². The van der Waals surface area contributed by atoms with Gasteiger partial charge in [-0.3, -0.25) is 0 Å². The van der Waals surface area contributed by atoms with Crippen molar-refractivity contribution >= 4 is 0 Å². The molecule has 132 valence electrons. The van der Waals surface area contributed by atoms with Gasteiger partial charge < -0.3 is 10.1 Å². The first-order valence-electron chi connectivity index (χ1n) is 9.76. The third-order valence-corrected chi connectivity index (χ3v) is 4.25. The van der Waals surface area contributed by atoms with E-state index in [-0.39, 0.29) is 0 Å². The molecule has 0 atom stereocenters. The first-order valence-corrected chi connectivity index (χ1v) is 9.76. The average molecular weight is 320 g/mol. The molecule has 2 heteroatoms. The Kier molecular flexibility index (Phi) is 14.1. The van der Waals surface area contributed by atoms with Gasteiger partial charge in [0.15, 0.2) is 0 Å². The van der Waals surface area contributed by atoms with Crippen molar-refractivity contribution in [2.45, 2.75) is 71.1 Å². The molecule has 2 nitrogen and oxygen atoms in total. The summed E-state index contributed by atoms with van der Waals surface area (Å²) in [5.41, 5.74) is 1.40. The van der Waals surface area contributed by atoms with E-state index >= 15 is 0 Å². The lowest BCUT2D eigenvalue weighted by Gasteiger charge is -2.06. The van der Waals surface area contributed by atoms with E-state index in [2.05, 4.69) is 42.6 Å². The minimum Gasteiger partial charge on any atom is -0.380 e. The molecule has 0 aromatic heterocycles.